The average Bonchev–Trinajstić information content (AvgIpc) is 1.81. The third-order valence-electron chi connectivity index (χ3n) is 1.38. The van der Waals surface area contributed by atoms with E-state index in [-0.39, 0.29) is 11.6 Å². The number of Topliss-reactive ketones (excluding diaryl/α,β-unsaturated/α-hetero) is 1. The van der Waals surface area contributed by atoms with Gasteiger partial charge in [0, 0.05) is 9.99 Å². The van der Waals surface area contributed by atoms with Crippen LogP contribution in [0.2, 0.25) is 0 Å². The van der Waals surface area contributed by atoms with Gasteiger partial charge < -0.3 is 0 Å². The molecule has 0 aliphatic rings. The van der Waals surface area contributed by atoms with Crippen molar-refractivity contribution in [2.75, 3.05) is 0 Å². The second-order valence-electron chi connectivity index (χ2n) is 2.66. The Morgan fingerprint density at radius 2 is 2.17 bits per heavy atom. The lowest BCUT2D eigenvalue weighted by atomic mass is 10.1. The molecule has 1 aromatic carbocycles. The summed E-state index contributed by atoms with van der Waals surface area (Å²) in [7, 11) is 0. The van der Waals surface area contributed by atoms with Crippen molar-refractivity contribution in [1.82, 2.24) is 0 Å². The minimum absolute atomic E-state index is 0.0522. The summed E-state index contributed by atoms with van der Waals surface area (Å²) >= 11 is 2.03. The molecule has 0 amide bonds. The molecule has 1 aromatic rings. The van der Waals surface area contributed by atoms with Crippen LogP contribution in [0, 0.1) is 9.39 Å². The average molecular weight is 278 g/mol. The van der Waals surface area contributed by atoms with E-state index in [9.17, 15) is 9.18 Å². The predicted molar refractivity (Wildman–Crippen MR) is 53.5 cm³/mol. The largest absolute Gasteiger partial charge is 0.300 e. The van der Waals surface area contributed by atoms with Crippen molar-refractivity contribution < 1.29 is 9.18 Å². The van der Waals surface area contributed by atoms with E-state index in [4.69, 9.17) is 0 Å². The van der Waals surface area contributed by atoms with E-state index in [1.807, 2.05) is 28.7 Å². The van der Waals surface area contributed by atoms with E-state index in [0.29, 0.717) is 6.42 Å². The minimum atomic E-state index is -0.279. The van der Waals surface area contributed by atoms with Crippen molar-refractivity contribution in [3.8, 4) is 0 Å². The maximum Gasteiger partial charge on any atom is 0.134 e. The molecule has 0 unspecified atom stereocenters. The summed E-state index contributed by atoms with van der Waals surface area (Å²) in [5.74, 6) is -0.227. The lowest BCUT2D eigenvalue weighted by Gasteiger charge is -1.98. The number of ketones is 1. The standard InChI is InChI=1S/C9H8FIO/c1-6(12)2-7-3-8(10)5-9(11)4-7/h3-5H,2H2,1H3. The first-order valence-corrected chi connectivity index (χ1v) is 4.60. The van der Waals surface area contributed by atoms with Crippen LogP contribution in [0.3, 0.4) is 0 Å². The molecule has 0 saturated carbocycles. The molecular formula is C9H8FIO. The smallest absolute Gasteiger partial charge is 0.134 e. The topological polar surface area (TPSA) is 17.1 Å². The van der Waals surface area contributed by atoms with Gasteiger partial charge in [0.05, 0.1) is 0 Å². The highest BCUT2D eigenvalue weighted by Gasteiger charge is 2.01. The number of hydrogen-bond acceptors (Lipinski definition) is 1. The van der Waals surface area contributed by atoms with E-state index in [1.54, 1.807) is 0 Å². The second kappa shape index (κ2) is 3.98. The first-order chi connectivity index (χ1) is 5.58. The van der Waals surface area contributed by atoms with Crippen LogP contribution in [0.1, 0.15) is 12.5 Å². The van der Waals surface area contributed by atoms with Crippen LogP contribution in [-0.4, -0.2) is 5.78 Å². The monoisotopic (exact) mass is 278 g/mol. The van der Waals surface area contributed by atoms with Crippen molar-refractivity contribution in [3.05, 3.63) is 33.1 Å². The first kappa shape index (κ1) is 9.64. The number of halogens is 2. The van der Waals surface area contributed by atoms with Crippen LogP contribution in [0.25, 0.3) is 0 Å². The van der Waals surface area contributed by atoms with Gasteiger partial charge >= 0.3 is 0 Å². The Morgan fingerprint density at radius 3 is 2.67 bits per heavy atom. The molecule has 0 bridgehead atoms. The van der Waals surface area contributed by atoms with E-state index >= 15 is 0 Å². The Bertz CT molecular complexity index is 289. The summed E-state index contributed by atoms with van der Waals surface area (Å²) in [6.07, 6.45) is 0.313. The van der Waals surface area contributed by atoms with Crippen LogP contribution in [0.15, 0.2) is 18.2 Å². The van der Waals surface area contributed by atoms with Gasteiger partial charge in [0.25, 0.3) is 0 Å². The van der Waals surface area contributed by atoms with Crippen molar-refractivity contribution in [3.63, 3.8) is 0 Å². The molecule has 1 nitrogen and oxygen atoms in total. The maximum absolute atomic E-state index is 12.8. The van der Waals surface area contributed by atoms with Crippen molar-refractivity contribution >= 4 is 28.4 Å². The highest BCUT2D eigenvalue weighted by atomic mass is 127. The molecule has 0 atom stereocenters. The molecular weight excluding hydrogens is 270 g/mol. The quantitative estimate of drug-likeness (QED) is 0.760. The molecule has 0 radical (unpaired) electrons. The Labute approximate surface area is 84.1 Å². The summed E-state index contributed by atoms with van der Waals surface area (Å²) in [4.78, 5) is 10.7. The third kappa shape index (κ3) is 2.89. The Morgan fingerprint density at radius 1 is 1.50 bits per heavy atom. The minimum Gasteiger partial charge on any atom is -0.300 e. The zero-order valence-corrected chi connectivity index (χ0v) is 8.76. The van der Waals surface area contributed by atoms with Gasteiger partial charge in [-0.25, -0.2) is 4.39 Å². The van der Waals surface area contributed by atoms with Gasteiger partial charge in [-0.1, -0.05) is 0 Å². The Balaban J connectivity index is 2.93. The van der Waals surface area contributed by atoms with Crippen LogP contribution >= 0.6 is 22.6 Å². The Kier molecular flexibility index (Phi) is 3.20. The fourth-order valence-electron chi connectivity index (χ4n) is 1.00. The maximum atomic E-state index is 12.8. The predicted octanol–water partition coefficient (Wildman–Crippen LogP) is 2.56. The fraction of sp³-hybridized carbons (Fsp3) is 0.222. The fourth-order valence-corrected chi connectivity index (χ4v) is 1.70. The Hall–Kier alpha value is -0.450. The van der Waals surface area contributed by atoms with E-state index in [1.165, 1.54) is 19.1 Å². The molecule has 0 saturated heterocycles. The SMILES string of the molecule is CC(=O)Cc1cc(F)cc(I)c1. The van der Waals surface area contributed by atoms with Gasteiger partial charge in [-0.2, -0.15) is 0 Å². The van der Waals surface area contributed by atoms with Gasteiger partial charge in [0.15, 0.2) is 0 Å². The van der Waals surface area contributed by atoms with E-state index < -0.39 is 0 Å². The van der Waals surface area contributed by atoms with Crippen LogP contribution in [-0.2, 0) is 11.2 Å². The van der Waals surface area contributed by atoms with Gasteiger partial charge in [0.1, 0.15) is 11.6 Å². The molecule has 0 spiro atoms. The van der Waals surface area contributed by atoms with Crippen molar-refractivity contribution in [1.29, 1.82) is 0 Å². The highest BCUT2D eigenvalue weighted by Crippen LogP contribution is 2.11. The van der Waals surface area contributed by atoms with E-state index in [2.05, 4.69) is 0 Å². The molecule has 0 fully saturated rings. The molecule has 12 heavy (non-hydrogen) atoms. The summed E-state index contributed by atoms with van der Waals surface area (Å²) in [6, 6.07) is 4.64. The van der Waals surface area contributed by atoms with Crippen LogP contribution < -0.4 is 0 Å². The highest BCUT2D eigenvalue weighted by molar-refractivity contribution is 14.1. The molecule has 0 aromatic heterocycles. The number of rotatable bonds is 2. The molecule has 3 heteroatoms. The molecule has 1 rings (SSSR count). The summed E-state index contributed by atoms with van der Waals surface area (Å²) in [6.45, 7) is 1.50. The normalized spacial score (nSPS) is 9.92. The van der Waals surface area contributed by atoms with Crippen molar-refractivity contribution in [2.24, 2.45) is 0 Å². The van der Waals surface area contributed by atoms with Crippen LogP contribution in [0.5, 0.6) is 0 Å². The second-order valence-corrected chi connectivity index (χ2v) is 3.90. The molecule has 0 heterocycles. The zero-order chi connectivity index (χ0) is 9.14. The van der Waals surface area contributed by atoms with Crippen LogP contribution in [0.4, 0.5) is 4.39 Å². The summed E-state index contributed by atoms with van der Waals surface area (Å²) in [5.41, 5.74) is 0.743. The molecule has 0 N–H and O–H groups in total. The first-order valence-electron chi connectivity index (χ1n) is 3.52. The molecule has 64 valence electrons. The molecule has 0 aliphatic carbocycles. The van der Waals surface area contributed by atoms with Gasteiger partial charge in [-0.05, 0) is 53.3 Å². The molecule has 0 aliphatic heterocycles. The summed E-state index contributed by atoms with van der Waals surface area (Å²) in [5, 5.41) is 0. The number of carbonyl (C=O) groups excluding carboxylic acids is 1. The van der Waals surface area contributed by atoms with Crippen molar-refractivity contribution in [2.45, 2.75) is 13.3 Å². The lowest BCUT2D eigenvalue weighted by Crippen LogP contribution is -1.97. The number of hydrogen-bond donors (Lipinski definition) is 0. The van der Waals surface area contributed by atoms with Gasteiger partial charge in [-0.3, -0.25) is 4.79 Å². The van der Waals surface area contributed by atoms with E-state index in [0.717, 1.165) is 9.13 Å². The number of benzene rings is 1. The number of carbonyl (C=O) groups is 1. The zero-order valence-electron chi connectivity index (χ0n) is 6.60. The third-order valence-corrected chi connectivity index (χ3v) is 2.00. The summed E-state index contributed by atoms with van der Waals surface area (Å²) < 4.78 is 13.6. The lowest BCUT2D eigenvalue weighted by molar-refractivity contribution is -0.116. The van der Waals surface area contributed by atoms with Gasteiger partial charge in [0.2, 0.25) is 0 Å². The van der Waals surface area contributed by atoms with Gasteiger partial charge in [-0.15, -0.1) is 0 Å².